The van der Waals surface area contributed by atoms with Crippen LogP contribution in [0, 0.1) is 15.4 Å². The lowest BCUT2D eigenvalue weighted by Crippen LogP contribution is -2.39. The number of carbonyl (C=O) groups excluding carboxylic acids is 1. The molecule has 0 spiro atoms. The number of alkyl halides is 3. The first-order chi connectivity index (χ1) is 32.5. The first kappa shape index (κ1) is 53.1. The van der Waals surface area contributed by atoms with Gasteiger partial charge >= 0.3 is 12.1 Å². The van der Waals surface area contributed by atoms with Crippen molar-refractivity contribution in [3.8, 4) is 6.01 Å². The molecule has 0 bridgehead atoms. The summed E-state index contributed by atoms with van der Waals surface area (Å²) in [5.41, 5.74) is 1.34. The number of fused-ring (bicyclic) bond motifs is 1. The largest absolute Gasteiger partial charge is 0.465 e. The maximum Gasteiger partial charge on any atom is 0.416 e. The molecule has 19 heteroatoms. The van der Waals surface area contributed by atoms with Gasteiger partial charge in [0.25, 0.3) is 11.6 Å². The van der Waals surface area contributed by atoms with Gasteiger partial charge in [0.1, 0.15) is 32.0 Å². The third-order valence-electron chi connectivity index (χ3n) is 10.9. The molecule has 362 valence electrons. The van der Waals surface area contributed by atoms with E-state index in [0.717, 1.165) is 34.1 Å². The van der Waals surface area contributed by atoms with Crippen LogP contribution in [0.3, 0.4) is 0 Å². The Bertz CT molecular complexity index is 2710. The molecule has 2 unspecified atom stereocenters. The highest BCUT2D eigenvalue weighted by molar-refractivity contribution is 14.1. The quantitative estimate of drug-likeness (QED) is 0.0402. The molecule has 0 saturated heterocycles. The molecule has 2 atom stereocenters. The van der Waals surface area contributed by atoms with Gasteiger partial charge in [0.15, 0.2) is 5.71 Å². The molecule has 2 aromatic heterocycles. The number of methoxy groups -OCH3 is 1. The lowest BCUT2D eigenvalue weighted by atomic mass is 9.79. The molecule has 0 aliphatic heterocycles. The fourth-order valence-corrected chi connectivity index (χ4v) is 7.73. The minimum absolute atomic E-state index is 0.0172. The average molecular weight is 1070 g/mol. The summed E-state index contributed by atoms with van der Waals surface area (Å²) in [5.74, 6) is 0.0648. The second kappa shape index (κ2) is 25.0. The van der Waals surface area contributed by atoms with Crippen molar-refractivity contribution in [1.82, 2.24) is 24.3 Å². The molecule has 7 rings (SSSR count). The van der Waals surface area contributed by atoms with E-state index in [1.54, 1.807) is 39.8 Å². The zero-order valence-electron chi connectivity index (χ0n) is 38.5. The van der Waals surface area contributed by atoms with Crippen molar-refractivity contribution in [2.75, 3.05) is 20.8 Å². The number of ether oxygens (including phenoxy) is 2. The first-order valence-electron chi connectivity index (χ1n) is 21.8. The third-order valence-corrected chi connectivity index (χ3v) is 11.8. The molecule has 1 aliphatic rings. The third kappa shape index (κ3) is 14.3. The van der Waals surface area contributed by atoms with Gasteiger partial charge in [0.2, 0.25) is 0 Å². The molecule has 0 amide bonds. The summed E-state index contributed by atoms with van der Waals surface area (Å²) in [5, 5.41) is 24.3. The van der Waals surface area contributed by atoms with Crippen LogP contribution >= 0.6 is 34.2 Å². The Hall–Kier alpha value is -5.86. The number of aliphatic hydroxyl groups is 1. The standard InChI is InChI=1S/C20H19F3N2O4.C15H18ClN3O.C14H17IN2O2/c1-13(14-8-6-9-16(11-14)20(21,22)23)24-29-12-15-7-4-5-10-17(15)18(25-28-3)19(26)27-2;1-11(12-2-3-12)15(20,8-19-10-17-9-18-19)13-4-6-14(16)7-5-13;1-3-7-17-13(18)11-9-10(15)5-6-12(11)16-14(17)19-8-4-2/h4-11H,12H2,1-3H3;4-7,9-12,20H,2-3,8H2,1H3;5-6,9H,3-4,7-8H2,1-2H3/b24-13+,25-18+;;. The summed E-state index contributed by atoms with van der Waals surface area (Å²) in [4.78, 5) is 42.9. The molecule has 2 heterocycles. The number of rotatable bonds is 17. The summed E-state index contributed by atoms with van der Waals surface area (Å²) in [6, 6.07) is 25.1. The van der Waals surface area contributed by atoms with Gasteiger partial charge in [-0.3, -0.25) is 9.36 Å². The van der Waals surface area contributed by atoms with Crippen LogP contribution in [-0.2, 0) is 50.7 Å². The predicted octanol–water partition coefficient (Wildman–Crippen LogP) is 10.2. The van der Waals surface area contributed by atoms with Crippen molar-refractivity contribution in [3.05, 3.63) is 150 Å². The van der Waals surface area contributed by atoms with E-state index < -0.39 is 23.3 Å². The van der Waals surface area contributed by atoms with Gasteiger partial charge in [-0.15, -0.1) is 0 Å². The smallest absolute Gasteiger partial charge is 0.416 e. The van der Waals surface area contributed by atoms with Crippen LogP contribution < -0.4 is 10.3 Å². The zero-order chi connectivity index (χ0) is 49.4. The molecule has 6 aromatic rings. The Kier molecular flexibility index (Phi) is 19.5. The minimum atomic E-state index is -4.44. The summed E-state index contributed by atoms with van der Waals surface area (Å²) < 4.78 is 53.2. The highest BCUT2D eigenvalue weighted by Gasteiger charge is 2.44. The molecule has 0 radical (unpaired) electrons. The summed E-state index contributed by atoms with van der Waals surface area (Å²) in [6.45, 7) is 9.29. The van der Waals surface area contributed by atoms with Crippen LogP contribution in [0.4, 0.5) is 13.2 Å². The van der Waals surface area contributed by atoms with Crippen molar-refractivity contribution in [1.29, 1.82) is 0 Å². The molecule has 1 N–H and O–H groups in total. The van der Waals surface area contributed by atoms with Gasteiger partial charge in [-0.05, 0) is 121 Å². The van der Waals surface area contributed by atoms with Gasteiger partial charge in [-0.25, -0.2) is 14.5 Å². The SMILES string of the molecule is CC(C1CC1)C(O)(Cn1cncn1)c1ccc(Cl)cc1.CCCOc1nc2ccc(I)cc2c(=O)n1CCC.CO/N=C(/C(=O)OC)c1ccccc1CO/N=C(\C)c1cccc(C(F)(F)F)c1. The monoisotopic (exact) mass is 1070 g/mol. The molecule has 4 aromatic carbocycles. The fourth-order valence-electron chi connectivity index (χ4n) is 7.11. The van der Waals surface area contributed by atoms with E-state index in [0.29, 0.717) is 58.7 Å². The van der Waals surface area contributed by atoms with E-state index >= 15 is 0 Å². The number of halogens is 5. The number of hydrogen-bond acceptors (Lipinski definition) is 12. The maximum absolute atomic E-state index is 12.9. The van der Waals surface area contributed by atoms with E-state index in [-0.39, 0.29) is 35.1 Å². The number of aromatic nitrogens is 5. The highest BCUT2D eigenvalue weighted by Crippen LogP contribution is 2.46. The zero-order valence-corrected chi connectivity index (χ0v) is 41.5. The van der Waals surface area contributed by atoms with E-state index in [2.05, 4.69) is 54.9 Å². The lowest BCUT2D eigenvalue weighted by Gasteiger charge is -2.35. The molecule has 1 saturated carbocycles. The van der Waals surface area contributed by atoms with Crippen LogP contribution in [0.1, 0.15) is 81.2 Å². The number of nitrogens with zero attached hydrogens (tertiary/aromatic N) is 7. The van der Waals surface area contributed by atoms with Crippen LogP contribution in [0.25, 0.3) is 10.9 Å². The second-order valence-electron chi connectivity index (χ2n) is 15.8. The van der Waals surface area contributed by atoms with Crippen molar-refractivity contribution in [2.45, 2.75) is 84.9 Å². The fraction of sp³-hybridized carbons (Fsp3) is 0.367. The van der Waals surface area contributed by atoms with Crippen LogP contribution in [-0.4, -0.2) is 67.6 Å². The Morgan fingerprint density at radius 1 is 0.971 bits per heavy atom. The van der Waals surface area contributed by atoms with Crippen molar-refractivity contribution >= 4 is 62.5 Å². The summed E-state index contributed by atoms with van der Waals surface area (Å²) in [7, 11) is 2.51. The highest BCUT2D eigenvalue weighted by atomic mass is 127. The molecular weight excluding hydrogens is 1020 g/mol. The Morgan fingerprint density at radius 2 is 1.71 bits per heavy atom. The molecule has 1 aliphatic carbocycles. The normalized spacial score (nSPS) is 14.1. The van der Waals surface area contributed by atoms with E-state index in [9.17, 15) is 27.9 Å². The van der Waals surface area contributed by atoms with Crippen molar-refractivity contribution < 1.29 is 42.2 Å². The second-order valence-corrected chi connectivity index (χ2v) is 17.5. The van der Waals surface area contributed by atoms with Crippen LogP contribution in [0.2, 0.25) is 5.02 Å². The average Bonchev–Trinajstić information content (AvgIpc) is 4.06. The van der Waals surface area contributed by atoms with Crippen molar-refractivity contribution in [2.24, 2.45) is 22.1 Å². The van der Waals surface area contributed by atoms with Crippen molar-refractivity contribution in [3.63, 3.8) is 0 Å². The van der Waals surface area contributed by atoms with Crippen LogP contribution in [0.5, 0.6) is 6.01 Å². The van der Waals surface area contributed by atoms with Gasteiger partial charge in [0, 0.05) is 26.3 Å². The summed E-state index contributed by atoms with van der Waals surface area (Å²) in [6.07, 6.45) is 2.83. The van der Waals surface area contributed by atoms with E-state index in [1.165, 1.54) is 52.4 Å². The number of benzene rings is 4. The Morgan fingerprint density at radius 3 is 2.34 bits per heavy atom. The summed E-state index contributed by atoms with van der Waals surface area (Å²) >= 11 is 8.15. The maximum atomic E-state index is 12.9. The molecule has 68 heavy (non-hydrogen) atoms. The van der Waals surface area contributed by atoms with Gasteiger partial charge < -0.3 is 24.3 Å². The predicted molar refractivity (Wildman–Crippen MR) is 263 cm³/mol. The minimum Gasteiger partial charge on any atom is -0.465 e. The Balaban J connectivity index is 0.000000196. The molecule has 14 nitrogen and oxygen atoms in total. The molecule has 1 fully saturated rings. The molecular formula is C49H54ClF3IN7O7. The topological polar surface area (TPSA) is 165 Å². The Labute approximate surface area is 411 Å². The van der Waals surface area contributed by atoms with Gasteiger partial charge in [-0.2, -0.15) is 23.3 Å². The number of esters is 1. The van der Waals surface area contributed by atoms with Gasteiger partial charge in [0.05, 0.1) is 42.4 Å². The number of hydrogen-bond donors (Lipinski definition) is 1. The number of oxime groups is 2. The first-order valence-corrected chi connectivity index (χ1v) is 23.3. The van der Waals surface area contributed by atoms with Crippen LogP contribution in [0.15, 0.2) is 119 Å². The van der Waals surface area contributed by atoms with Gasteiger partial charge in [-0.1, -0.05) is 91.2 Å². The van der Waals surface area contributed by atoms with E-state index in [1.807, 2.05) is 56.3 Å². The number of carbonyl (C=O) groups is 1. The lowest BCUT2D eigenvalue weighted by molar-refractivity contribution is -0.137. The van der Waals surface area contributed by atoms with E-state index in [4.69, 9.17) is 30.7 Å².